The van der Waals surface area contributed by atoms with Gasteiger partial charge in [0, 0.05) is 29.6 Å². The lowest BCUT2D eigenvalue weighted by Gasteiger charge is -2.25. The lowest BCUT2D eigenvalue weighted by molar-refractivity contribution is 0.422. The molecule has 10 heteroatoms. The molecule has 0 aliphatic heterocycles. The molecule has 2 aromatic carbocycles. The Morgan fingerprint density at radius 1 is 1.14 bits per heavy atom. The van der Waals surface area contributed by atoms with E-state index in [2.05, 4.69) is 9.71 Å². The summed E-state index contributed by atoms with van der Waals surface area (Å²) in [6.07, 6.45) is 3.24. The van der Waals surface area contributed by atoms with E-state index >= 15 is 4.39 Å². The van der Waals surface area contributed by atoms with Crippen LogP contribution in [0.15, 0.2) is 63.9 Å². The van der Waals surface area contributed by atoms with Gasteiger partial charge in [-0.3, -0.25) is 4.72 Å². The Morgan fingerprint density at radius 2 is 1.94 bits per heavy atom. The monoisotopic (exact) mass is 512 g/mol. The first-order chi connectivity index (χ1) is 17.2. The Morgan fingerprint density at radius 3 is 2.67 bits per heavy atom. The third-order valence-electron chi connectivity index (χ3n) is 6.39. The molecule has 1 N–H and O–H groups in total. The molecule has 0 unspecified atom stereocenters. The van der Waals surface area contributed by atoms with Gasteiger partial charge in [0.25, 0.3) is 5.88 Å². The highest BCUT2D eigenvalue weighted by Gasteiger charge is 2.32. The second-order valence-electron chi connectivity index (χ2n) is 8.70. The first-order valence-electron chi connectivity index (χ1n) is 11.4. The van der Waals surface area contributed by atoms with Crippen LogP contribution in [0, 0.1) is 18.6 Å². The van der Waals surface area contributed by atoms with E-state index in [1.165, 1.54) is 42.6 Å². The second kappa shape index (κ2) is 9.34. The topological polar surface area (TPSA) is 98.5 Å². The zero-order valence-electron chi connectivity index (χ0n) is 19.3. The highest BCUT2D eigenvalue weighted by molar-refractivity contribution is 7.93. The van der Waals surface area contributed by atoms with E-state index in [1.54, 1.807) is 19.1 Å². The van der Waals surface area contributed by atoms with Crippen LogP contribution in [-0.2, 0) is 16.4 Å². The summed E-state index contributed by atoms with van der Waals surface area (Å²) in [4.78, 5) is 16.7. The van der Waals surface area contributed by atoms with Gasteiger partial charge in [-0.05, 0) is 61.2 Å². The van der Waals surface area contributed by atoms with Crippen LogP contribution in [0.1, 0.15) is 36.0 Å². The summed E-state index contributed by atoms with van der Waals surface area (Å²) < 4.78 is 67.3. The molecule has 1 saturated carbocycles. The van der Waals surface area contributed by atoms with E-state index in [0.29, 0.717) is 23.8 Å². The van der Waals surface area contributed by atoms with Crippen molar-refractivity contribution in [3.05, 3.63) is 93.5 Å². The number of sulfonamides is 1. The molecule has 2 aromatic heterocycles. The maximum Gasteiger partial charge on any atom is 0.340 e. The number of hydrogen-bond acceptors (Lipinski definition) is 6. The minimum Gasteiger partial charge on any atom is -0.436 e. The van der Waals surface area contributed by atoms with Crippen LogP contribution in [0.4, 0.5) is 14.5 Å². The molecule has 2 heterocycles. The predicted molar refractivity (Wildman–Crippen MR) is 131 cm³/mol. The number of anilines is 1. The number of pyridine rings is 1. The van der Waals surface area contributed by atoms with Gasteiger partial charge in [-0.1, -0.05) is 18.6 Å². The van der Waals surface area contributed by atoms with Crippen LogP contribution in [0.5, 0.6) is 11.6 Å². The quantitative estimate of drug-likeness (QED) is 0.331. The molecule has 0 bridgehead atoms. The average molecular weight is 513 g/mol. The molecule has 0 radical (unpaired) electrons. The zero-order valence-corrected chi connectivity index (χ0v) is 20.1. The predicted octanol–water partition coefficient (Wildman–Crippen LogP) is 5.45. The Balaban J connectivity index is 1.44. The zero-order chi connectivity index (χ0) is 25.4. The minimum atomic E-state index is -3.67. The summed E-state index contributed by atoms with van der Waals surface area (Å²) in [6.45, 7) is 1.72. The molecular formula is C26H22F2N2O5S. The molecule has 5 rings (SSSR count). The van der Waals surface area contributed by atoms with Crippen molar-refractivity contribution in [3.63, 3.8) is 0 Å². The van der Waals surface area contributed by atoms with Crippen LogP contribution in [0.3, 0.4) is 0 Å². The van der Waals surface area contributed by atoms with Crippen molar-refractivity contribution in [3.8, 4) is 11.6 Å². The number of aryl methyl sites for hydroxylation is 1. The van der Waals surface area contributed by atoms with E-state index in [-0.39, 0.29) is 40.4 Å². The molecule has 0 saturated heterocycles. The number of hydrogen-bond donors (Lipinski definition) is 1. The smallest absolute Gasteiger partial charge is 0.340 e. The Hall–Kier alpha value is -3.79. The number of fused-ring (bicyclic) bond motifs is 1. The minimum absolute atomic E-state index is 0.0909. The first-order valence-corrected chi connectivity index (χ1v) is 12.9. The van der Waals surface area contributed by atoms with Gasteiger partial charge in [0.1, 0.15) is 11.3 Å². The molecule has 36 heavy (non-hydrogen) atoms. The summed E-state index contributed by atoms with van der Waals surface area (Å²) in [7, 11) is -3.67. The molecule has 4 aromatic rings. The summed E-state index contributed by atoms with van der Waals surface area (Å²) in [5.41, 5.74) is 0.384. The second-order valence-corrected chi connectivity index (χ2v) is 10.7. The fraction of sp³-hybridized carbons (Fsp3) is 0.231. The van der Waals surface area contributed by atoms with Crippen molar-refractivity contribution >= 4 is 26.7 Å². The molecule has 1 aliphatic carbocycles. The normalized spacial score (nSPS) is 14.0. The lowest BCUT2D eigenvalue weighted by atomic mass is 9.99. The van der Waals surface area contributed by atoms with Gasteiger partial charge in [0.2, 0.25) is 10.0 Å². The van der Waals surface area contributed by atoms with Gasteiger partial charge in [0.15, 0.2) is 11.6 Å². The van der Waals surface area contributed by atoms with Crippen molar-refractivity contribution in [1.82, 2.24) is 4.98 Å². The van der Waals surface area contributed by atoms with Gasteiger partial charge in [0.05, 0.1) is 10.9 Å². The van der Waals surface area contributed by atoms with Crippen LogP contribution in [0.25, 0.3) is 11.0 Å². The third-order valence-corrected chi connectivity index (χ3v) is 8.24. The molecule has 7 nitrogen and oxygen atoms in total. The Kier molecular flexibility index (Phi) is 6.21. The molecule has 0 atom stereocenters. The number of halogens is 2. The summed E-state index contributed by atoms with van der Waals surface area (Å²) in [6, 6.07) is 11.7. The molecule has 0 amide bonds. The van der Waals surface area contributed by atoms with Crippen molar-refractivity contribution in [2.45, 2.75) is 37.9 Å². The highest BCUT2D eigenvalue weighted by Crippen LogP contribution is 2.31. The summed E-state index contributed by atoms with van der Waals surface area (Å²) >= 11 is 0. The number of ether oxygens (including phenoxy) is 1. The fourth-order valence-electron chi connectivity index (χ4n) is 4.10. The van der Waals surface area contributed by atoms with Crippen LogP contribution < -0.4 is 15.1 Å². The Labute approximate surface area is 205 Å². The van der Waals surface area contributed by atoms with Crippen LogP contribution in [-0.4, -0.2) is 18.7 Å². The van der Waals surface area contributed by atoms with E-state index in [1.807, 2.05) is 0 Å². The molecule has 186 valence electrons. The van der Waals surface area contributed by atoms with Crippen molar-refractivity contribution < 1.29 is 26.4 Å². The van der Waals surface area contributed by atoms with Crippen molar-refractivity contribution in [2.24, 2.45) is 0 Å². The fourth-order valence-corrected chi connectivity index (χ4v) is 5.69. The van der Waals surface area contributed by atoms with Gasteiger partial charge in [-0.25, -0.2) is 27.0 Å². The highest BCUT2D eigenvalue weighted by atomic mass is 32.2. The van der Waals surface area contributed by atoms with Gasteiger partial charge < -0.3 is 9.15 Å². The number of rotatable bonds is 7. The van der Waals surface area contributed by atoms with Gasteiger partial charge in [-0.15, -0.1) is 0 Å². The molecule has 1 fully saturated rings. The van der Waals surface area contributed by atoms with Gasteiger partial charge >= 0.3 is 5.63 Å². The maximum atomic E-state index is 15.2. The molecular weight excluding hydrogens is 490 g/mol. The number of nitrogens with one attached hydrogen (secondary N) is 1. The largest absolute Gasteiger partial charge is 0.436 e. The molecule has 0 spiro atoms. The van der Waals surface area contributed by atoms with Crippen LogP contribution in [0.2, 0.25) is 0 Å². The number of nitrogens with zero attached hydrogens (tertiary/aromatic N) is 1. The average Bonchev–Trinajstić information content (AvgIpc) is 2.78. The van der Waals surface area contributed by atoms with Crippen LogP contribution >= 0.6 is 0 Å². The number of benzene rings is 2. The van der Waals surface area contributed by atoms with Crippen molar-refractivity contribution in [2.75, 3.05) is 4.72 Å². The summed E-state index contributed by atoms with van der Waals surface area (Å²) in [5.74, 6) is -1.35. The van der Waals surface area contributed by atoms with E-state index in [4.69, 9.17) is 9.15 Å². The SMILES string of the molecule is Cc1c(Cc2cccc(NS(=O)(=O)C3CCC3)c2F)c(=O)oc2cc(Oc3ncccc3F)ccc12. The van der Waals surface area contributed by atoms with E-state index in [0.717, 1.165) is 6.42 Å². The first kappa shape index (κ1) is 23.9. The van der Waals surface area contributed by atoms with Crippen molar-refractivity contribution in [1.29, 1.82) is 0 Å². The standard InChI is InChI=1S/C26H22F2N2O5S/c1-15-19-11-10-17(34-25-21(27)8-4-12-29-25)14-23(19)35-26(31)20(15)13-16-5-2-9-22(24(16)28)30-36(32,33)18-6-3-7-18/h2,4-5,8-12,14,18,30H,3,6-7,13H2,1H3. The molecule has 1 aliphatic rings. The number of aromatic nitrogens is 1. The Bertz CT molecular complexity index is 1630. The van der Waals surface area contributed by atoms with Gasteiger partial charge in [-0.2, -0.15) is 0 Å². The summed E-state index contributed by atoms with van der Waals surface area (Å²) in [5, 5.41) is 0.0825. The third kappa shape index (κ3) is 4.56. The maximum absolute atomic E-state index is 15.2. The lowest BCUT2D eigenvalue weighted by Crippen LogP contribution is -2.33. The van der Waals surface area contributed by atoms with E-state index < -0.39 is 32.5 Å². The van der Waals surface area contributed by atoms with E-state index in [9.17, 15) is 17.6 Å².